The molecular weight excluding hydrogens is 328 g/mol. The Balaban J connectivity index is 1.59. The van der Waals surface area contributed by atoms with Crippen molar-refractivity contribution < 1.29 is 4.79 Å². The monoisotopic (exact) mass is 344 g/mol. The van der Waals surface area contributed by atoms with E-state index in [1.807, 2.05) is 24.3 Å². The highest BCUT2D eigenvalue weighted by molar-refractivity contribution is 9.10. The summed E-state index contributed by atoms with van der Waals surface area (Å²) in [5.74, 6) is 0.0347. The minimum absolute atomic E-state index is 0.0347. The fraction of sp³-hybridized carbons (Fsp3) is 0.235. The normalized spacial score (nSPS) is 14.5. The van der Waals surface area contributed by atoms with Crippen LogP contribution in [0.1, 0.15) is 11.1 Å². The predicted octanol–water partition coefficient (Wildman–Crippen LogP) is 3.45. The molecule has 0 radical (unpaired) electrons. The molecule has 3 rings (SSSR count). The number of benzene rings is 2. The molecule has 0 bridgehead atoms. The van der Waals surface area contributed by atoms with Crippen molar-refractivity contribution in [1.82, 2.24) is 4.90 Å². The number of hydrogen-bond donors (Lipinski definition) is 1. The molecule has 0 unspecified atom stereocenters. The lowest BCUT2D eigenvalue weighted by atomic mass is 10.00. The number of fused-ring (bicyclic) bond motifs is 1. The molecule has 2 aromatic rings. The summed E-state index contributed by atoms with van der Waals surface area (Å²) in [6, 6.07) is 16.1. The van der Waals surface area contributed by atoms with Gasteiger partial charge in [-0.2, -0.15) is 0 Å². The first-order chi connectivity index (χ1) is 10.2. The van der Waals surface area contributed by atoms with E-state index in [4.69, 9.17) is 0 Å². The number of halogens is 1. The molecule has 0 aliphatic carbocycles. The van der Waals surface area contributed by atoms with Crippen LogP contribution in [0, 0.1) is 0 Å². The summed E-state index contributed by atoms with van der Waals surface area (Å²) >= 11 is 3.41. The first-order valence-electron chi connectivity index (χ1n) is 7.05. The van der Waals surface area contributed by atoms with Gasteiger partial charge in [-0.1, -0.05) is 46.3 Å². The van der Waals surface area contributed by atoms with Crippen LogP contribution in [0.5, 0.6) is 0 Å². The second kappa shape index (κ2) is 6.41. The molecule has 0 saturated carbocycles. The molecule has 0 spiro atoms. The molecule has 1 aliphatic heterocycles. The summed E-state index contributed by atoms with van der Waals surface area (Å²) in [7, 11) is 0. The van der Waals surface area contributed by atoms with Crippen LogP contribution in [0.2, 0.25) is 0 Å². The average Bonchev–Trinajstić information content (AvgIpc) is 2.47. The summed E-state index contributed by atoms with van der Waals surface area (Å²) in [5.41, 5.74) is 3.56. The minimum Gasteiger partial charge on any atom is -0.325 e. The molecule has 1 amide bonds. The van der Waals surface area contributed by atoms with Crippen molar-refractivity contribution in [3.63, 3.8) is 0 Å². The Morgan fingerprint density at radius 2 is 1.95 bits per heavy atom. The maximum absolute atomic E-state index is 12.1. The Morgan fingerprint density at radius 3 is 2.76 bits per heavy atom. The highest BCUT2D eigenvalue weighted by Gasteiger charge is 2.17. The van der Waals surface area contributed by atoms with Gasteiger partial charge in [0.1, 0.15) is 0 Å². The summed E-state index contributed by atoms with van der Waals surface area (Å²) in [6.07, 6.45) is 1.01. The van der Waals surface area contributed by atoms with E-state index >= 15 is 0 Å². The van der Waals surface area contributed by atoms with E-state index in [0.29, 0.717) is 6.54 Å². The minimum atomic E-state index is 0.0347. The van der Waals surface area contributed by atoms with Gasteiger partial charge in [0.2, 0.25) is 5.91 Å². The highest BCUT2D eigenvalue weighted by atomic mass is 79.9. The first-order valence-corrected chi connectivity index (χ1v) is 7.84. The molecule has 0 atom stereocenters. The van der Waals surface area contributed by atoms with E-state index in [0.717, 1.165) is 29.7 Å². The van der Waals surface area contributed by atoms with Gasteiger partial charge in [0, 0.05) is 23.2 Å². The molecule has 4 heteroatoms. The van der Waals surface area contributed by atoms with Crippen molar-refractivity contribution in [2.45, 2.75) is 13.0 Å². The topological polar surface area (TPSA) is 32.3 Å². The van der Waals surface area contributed by atoms with Gasteiger partial charge >= 0.3 is 0 Å². The fourth-order valence-electron chi connectivity index (χ4n) is 2.66. The van der Waals surface area contributed by atoms with Crippen LogP contribution in [0.3, 0.4) is 0 Å². The zero-order valence-corrected chi connectivity index (χ0v) is 13.3. The summed E-state index contributed by atoms with van der Waals surface area (Å²) in [6.45, 7) is 2.21. The highest BCUT2D eigenvalue weighted by Crippen LogP contribution is 2.19. The Morgan fingerprint density at radius 1 is 1.14 bits per heavy atom. The number of nitrogens with one attached hydrogen (secondary N) is 1. The van der Waals surface area contributed by atoms with Gasteiger partial charge in [-0.25, -0.2) is 0 Å². The smallest absolute Gasteiger partial charge is 0.238 e. The predicted molar refractivity (Wildman–Crippen MR) is 88.2 cm³/mol. The third-order valence-corrected chi connectivity index (χ3v) is 4.18. The molecule has 1 N–H and O–H groups in total. The van der Waals surface area contributed by atoms with E-state index in [1.165, 1.54) is 11.1 Å². The van der Waals surface area contributed by atoms with Crippen LogP contribution in [0.4, 0.5) is 5.69 Å². The fourth-order valence-corrected chi connectivity index (χ4v) is 3.06. The molecule has 2 aromatic carbocycles. The number of amides is 1. The second-order valence-corrected chi connectivity index (χ2v) is 6.20. The van der Waals surface area contributed by atoms with Crippen LogP contribution < -0.4 is 5.32 Å². The molecule has 1 heterocycles. The van der Waals surface area contributed by atoms with Crippen LogP contribution in [0.15, 0.2) is 53.0 Å². The van der Waals surface area contributed by atoms with Crippen molar-refractivity contribution in [3.05, 3.63) is 64.1 Å². The van der Waals surface area contributed by atoms with Crippen LogP contribution in [0.25, 0.3) is 0 Å². The third-order valence-electron chi connectivity index (χ3n) is 3.69. The first kappa shape index (κ1) is 14.3. The molecule has 108 valence electrons. The zero-order valence-electron chi connectivity index (χ0n) is 11.7. The number of carbonyl (C=O) groups excluding carboxylic acids is 1. The largest absolute Gasteiger partial charge is 0.325 e. The Labute approximate surface area is 133 Å². The number of carbonyl (C=O) groups is 1. The second-order valence-electron chi connectivity index (χ2n) is 5.29. The van der Waals surface area contributed by atoms with Crippen molar-refractivity contribution >= 4 is 27.5 Å². The summed E-state index contributed by atoms with van der Waals surface area (Å²) in [5, 5.41) is 2.94. The Kier molecular flexibility index (Phi) is 4.36. The standard InChI is InChI=1S/C17H17BrN2O/c18-15-6-3-7-16(10-15)19-17(21)12-20-9-8-13-4-1-2-5-14(13)11-20/h1-7,10H,8-9,11-12H2,(H,19,21). The van der Waals surface area contributed by atoms with Gasteiger partial charge < -0.3 is 5.32 Å². The Bertz CT molecular complexity index is 657. The van der Waals surface area contributed by atoms with E-state index in [1.54, 1.807) is 0 Å². The van der Waals surface area contributed by atoms with Crippen molar-refractivity contribution in [1.29, 1.82) is 0 Å². The summed E-state index contributed by atoms with van der Waals surface area (Å²) < 4.78 is 0.965. The third kappa shape index (κ3) is 3.71. The molecule has 0 saturated heterocycles. The van der Waals surface area contributed by atoms with Gasteiger partial charge in [-0.3, -0.25) is 9.69 Å². The van der Waals surface area contributed by atoms with Gasteiger partial charge in [-0.15, -0.1) is 0 Å². The molecule has 0 aromatic heterocycles. The number of hydrogen-bond acceptors (Lipinski definition) is 2. The maximum atomic E-state index is 12.1. The van der Waals surface area contributed by atoms with E-state index < -0.39 is 0 Å². The van der Waals surface area contributed by atoms with Gasteiger partial charge in [0.15, 0.2) is 0 Å². The van der Waals surface area contributed by atoms with Crippen molar-refractivity contribution in [2.75, 3.05) is 18.4 Å². The van der Waals surface area contributed by atoms with E-state index in [-0.39, 0.29) is 5.91 Å². The molecular formula is C17H17BrN2O. The lowest BCUT2D eigenvalue weighted by Gasteiger charge is -2.28. The lowest BCUT2D eigenvalue weighted by molar-refractivity contribution is -0.117. The lowest BCUT2D eigenvalue weighted by Crippen LogP contribution is -2.37. The van der Waals surface area contributed by atoms with Crippen molar-refractivity contribution in [2.24, 2.45) is 0 Å². The molecule has 21 heavy (non-hydrogen) atoms. The average molecular weight is 345 g/mol. The Hall–Kier alpha value is -1.65. The van der Waals surface area contributed by atoms with Crippen LogP contribution >= 0.6 is 15.9 Å². The van der Waals surface area contributed by atoms with Crippen molar-refractivity contribution in [3.8, 4) is 0 Å². The molecule has 3 nitrogen and oxygen atoms in total. The van der Waals surface area contributed by atoms with Gasteiger partial charge in [-0.05, 0) is 35.7 Å². The number of nitrogens with zero attached hydrogens (tertiary/aromatic N) is 1. The molecule has 1 aliphatic rings. The SMILES string of the molecule is O=C(CN1CCc2ccccc2C1)Nc1cccc(Br)c1. The van der Waals surface area contributed by atoms with Crippen LogP contribution in [-0.2, 0) is 17.8 Å². The van der Waals surface area contributed by atoms with Gasteiger partial charge in [0.25, 0.3) is 0 Å². The number of rotatable bonds is 3. The maximum Gasteiger partial charge on any atom is 0.238 e. The van der Waals surface area contributed by atoms with Crippen LogP contribution in [-0.4, -0.2) is 23.9 Å². The van der Waals surface area contributed by atoms with Gasteiger partial charge in [0.05, 0.1) is 6.54 Å². The van der Waals surface area contributed by atoms with E-state index in [9.17, 15) is 4.79 Å². The quantitative estimate of drug-likeness (QED) is 0.924. The zero-order chi connectivity index (χ0) is 14.7. The molecule has 0 fully saturated rings. The number of anilines is 1. The summed E-state index contributed by atoms with van der Waals surface area (Å²) in [4.78, 5) is 14.3. The van der Waals surface area contributed by atoms with E-state index in [2.05, 4.69) is 50.4 Å².